The minimum Gasteiger partial charge on any atom is -0.484 e. The number of nitrogens with one attached hydrogen (secondary N) is 1. The Balaban J connectivity index is 1.95. The molecule has 1 N–H and O–H groups in total. The molecule has 0 aliphatic rings. The number of halogens is 1. The van der Waals surface area contributed by atoms with Crippen LogP contribution in [-0.4, -0.2) is 12.5 Å². The summed E-state index contributed by atoms with van der Waals surface area (Å²) in [5.41, 5.74) is 1.40. The van der Waals surface area contributed by atoms with Gasteiger partial charge in [-0.05, 0) is 29.8 Å². The molecule has 0 heterocycles. The van der Waals surface area contributed by atoms with Crippen molar-refractivity contribution < 1.29 is 9.53 Å². The quantitative estimate of drug-likeness (QED) is 0.920. The van der Waals surface area contributed by atoms with E-state index in [4.69, 9.17) is 21.6 Å². The van der Waals surface area contributed by atoms with Crippen LogP contribution in [0, 0.1) is 11.3 Å². The lowest BCUT2D eigenvalue weighted by molar-refractivity contribution is -0.118. The van der Waals surface area contributed by atoms with Crippen LogP contribution in [0.5, 0.6) is 5.75 Å². The number of nitrogens with zero attached hydrogens (tertiary/aromatic N) is 1. The Labute approximate surface area is 127 Å². The molecule has 0 fully saturated rings. The molecule has 0 bridgehead atoms. The van der Waals surface area contributed by atoms with Crippen molar-refractivity contribution in [3.05, 3.63) is 59.1 Å². The van der Waals surface area contributed by atoms with Crippen molar-refractivity contribution in [2.75, 3.05) is 11.9 Å². The fourth-order valence-electron chi connectivity index (χ4n) is 1.77. The first-order chi connectivity index (χ1) is 10.2. The van der Waals surface area contributed by atoms with Crippen LogP contribution in [0.2, 0.25) is 5.02 Å². The van der Waals surface area contributed by atoms with Crippen molar-refractivity contribution in [3.63, 3.8) is 0 Å². The molecule has 5 heteroatoms. The van der Waals surface area contributed by atoms with E-state index >= 15 is 0 Å². The van der Waals surface area contributed by atoms with Gasteiger partial charge in [0.1, 0.15) is 5.75 Å². The van der Waals surface area contributed by atoms with Crippen LogP contribution in [0.1, 0.15) is 5.56 Å². The van der Waals surface area contributed by atoms with E-state index in [0.717, 1.165) is 5.56 Å². The van der Waals surface area contributed by atoms with Gasteiger partial charge in [-0.2, -0.15) is 5.26 Å². The van der Waals surface area contributed by atoms with Gasteiger partial charge in [-0.25, -0.2) is 0 Å². The normalized spacial score (nSPS) is 9.71. The number of benzene rings is 2. The predicted molar refractivity (Wildman–Crippen MR) is 81.3 cm³/mol. The van der Waals surface area contributed by atoms with E-state index in [9.17, 15) is 4.79 Å². The Bertz CT molecular complexity index is 680. The molecule has 0 spiro atoms. The molecular formula is C16H13ClN2O2. The van der Waals surface area contributed by atoms with Gasteiger partial charge >= 0.3 is 0 Å². The first kappa shape index (κ1) is 14.9. The topological polar surface area (TPSA) is 62.1 Å². The maximum atomic E-state index is 11.9. The lowest BCUT2D eigenvalue weighted by Crippen LogP contribution is -2.20. The molecule has 1 amide bonds. The third kappa shape index (κ3) is 4.51. The molecule has 0 saturated carbocycles. The summed E-state index contributed by atoms with van der Waals surface area (Å²) < 4.78 is 5.36. The van der Waals surface area contributed by atoms with Gasteiger partial charge in [0, 0.05) is 10.7 Å². The molecule has 0 saturated heterocycles. The summed E-state index contributed by atoms with van der Waals surface area (Å²) in [4.78, 5) is 11.9. The standard InChI is InChI=1S/C16H13ClN2O2/c17-13-5-3-6-14(10-13)21-11-16(20)19-15-7-2-1-4-12(15)8-9-18/h1-7,10H,8,11H2,(H,19,20). The molecule has 0 atom stereocenters. The highest BCUT2D eigenvalue weighted by atomic mass is 35.5. The first-order valence-corrected chi connectivity index (χ1v) is 6.70. The zero-order valence-electron chi connectivity index (χ0n) is 11.2. The van der Waals surface area contributed by atoms with E-state index in [1.54, 1.807) is 42.5 Å². The Morgan fingerprint density at radius 3 is 2.81 bits per heavy atom. The molecule has 0 aliphatic carbocycles. The zero-order valence-corrected chi connectivity index (χ0v) is 11.9. The third-order valence-corrected chi connectivity index (χ3v) is 2.96. The smallest absolute Gasteiger partial charge is 0.262 e. The maximum Gasteiger partial charge on any atom is 0.262 e. The van der Waals surface area contributed by atoms with Gasteiger partial charge in [-0.3, -0.25) is 4.79 Å². The van der Waals surface area contributed by atoms with Crippen LogP contribution >= 0.6 is 11.6 Å². The second-order valence-electron chi connectivity index (χ2n) is 4.29. The van der Waals surface area contributed by atoms with Gasteiger partial charge in [0.05, 0.1) is 12.5 Å². The number of amides is 1. The van der Waals surface area contributed by atoms with Crippen molar-refractivity contribution in [1.82, 2.24) is 0 Å². The maximum absolute atomic E-state index is 11.9. The van der Waals surface area contributed by atoms with Crippen LogP contribution in [0.15, 0.2) is 48.5 Å². The molecule has 4 nitrogen and oxygen atoms in total. The third-order valence-electron chi connectivity index (χ3n) is 2.73. The van der Waals surface area contributed by atoms with Crippen LogP contribution in [0.25, 0.3) is 0 Å². The number of para-hydroxylation sites is 1. The van der Waals surface area contributed by atoms with E-state index in [1.807, 2.05) is 6.07 Å². The highest BCUT2D eigenvalue weighted by Gasteiger charge is 2.07. The largest absolute Gasteiger partial charge is 0.484 e. The van der Waals surface area contributed by atoms with Crippen LogP contribution < -0.4 is 10.1 Å². The van der Waals surface area contributed by atoms with E-state index in [1.165, 1.54) is 0 Å². The van der Waals surface area contributed by atoms with E-state index in [-0.39, 0.29) is 18.9 Å². The summed E-state index contributed by atoms with van der Waals surface area (Å²) in [6, 6.07) is 16.1. The molecule has 0 radical (unpaired) electrons. The van der Waals surface area contributed by atoms with E-state index in [2.05, 4.69) is 11.4 Å². The summed E-state index contributed by atoms with van der Waals surface area (Å²) in [7, 11) is 0. The lowest BCUT2D eigenvalue weighted by atomic mass is 10.1. The van der Waals surface area contributed by atoms with Gasteiger partial charge in [0.15, 0.2) is 6.61 Å². The average molecular weight is 301 g/mol. The fraction of sp³-hybridized carbons (Fsp3) is 0.125. The second kappa shape index (κ2) is 7.32. The number of carbonyl (C=O) groups excluding carboxylic acids is 1. The van der Waals surface area contributed by atoms with Crippen molar-refractivity contribution in [2.24, 2.45) is 0 Å². The molecule has 0 unspecified atom stereocenters. The number of nitriles is 1. The van der Waals surface area contributed by atoms with Crippen molar-refractivity contribution in [3.8, 4) is 11.8 Å². The summed E-state index contributed by atoms with van der Waals surface area (Å²) in [5, 5.41) is 12.0. The molecule has 0 aromatic heterocycles. The SMILES string of the molecule is N#CCc1ccccc1NC(=O)COc1cccc(Cl)c1. The fourth-order valence-corrected chi connectivity index (χ4v) is 1.95. The molecule has 2 aromatic carbocycles. The van der Waals surface area contributed by atoms with Crippen LogP contribution in [0.3, 0.4) is 0 Å². The Hall–Kier alpha value is -2.51. The molecule has 2 rings (SSSR count). The number of ether oxygens (including phenoxy) is 1. The highest BCUT2D eigenvalue weighted by Crippen LogP contribution is 2.18. The second-order valence-corrected chi connectivity index (χ2v) is 4.72. The predicted octanol–water partition coefficient (Wildman–Crippen LogP) is 3.42. The summed E-state index contributed by atoms with van der Waals surface area (Å²) in [6.45, 7) is -0.124. The minimum atomic E-state index is -0.291. The van der Waals surface area contributed by atoms with Gasteiger partial charge in [0.2, 0.25) is 0 Å². The molecule has 2 aromatic rings. The van der Waals surface area contributed by atoms with Crippen molar-refractivity contribution in [2.45, 2.75) is 6.42 Å². The number of hydrogen-bond acceptors (Lipinski definition) is 3. The van der Waals surface area contributed by atoms with E-state index < -0.39 is 0 Å². The first-order valence-electron chi connectivity index (χ1n) is 6.32. The summed E-state index contributed by atoms with van der Waals surface area (Å²) in [6.07, 6.45) is 0.242. The Morgan fingerprint density at radius 2 is 2.05 bits per heavy atom. The van der Waals surface area contributed by atoms with Gasteiger partial charge in [0.25, 0.3) is 5.91 Å². The minimum absolute atomic E-state index is 0.124. The number of hydrogen-bond donors (Lipinski definition) is 1. The summed E-state index contributed by atoms with van der Waals surface area (Å²) >= 11 is 5.83. The molecular weight excluding hydrogens is 288 g/mol. The van der Waals surface area contributed by atoms with Gasteiger partial charge in [-0.15, -0.1) is 0 Å². The zero-order chi connectivity index (χ0) is 15.1. The molecule has 0 aliphatic heterocycles. The van der Waals surface area contributed by atoms with Crippen molar-refractivity contribution >= 4 is 23.2 Å². The van der Waals surface area contributed by atoms with E-state index in [0.29, 0.717) is 16.5 Å². The van der Waals surface area contributed by atoms with Crippen molar-refractivity contribution in [1.29, 1.82) is 5.26 Å². The number of anilines is 1. The van der Waals surface area contributed by atoms with Gasteiger partial charge in [-0.1, -0.05) is 35.9 Å². The molecule has 21 heavy (non-hydrogen) atoms. The lowest BCUT2D eigenvalue weighted by Gasteiger charge is -2.10. The van der Waals surface area contributed by atoms with Crippen LogP contribution in [0.4, 0.5) is 5.69 Å². The average Bonchev–Trinajstić information content (AvgIpc) is 2.48. The summed E-state index contributed by atoms with van der Waals surface area (Å²) in [5.74, 6) is 0.239. The van der Waals surface area contributed by atoms with Gasteiger partial charge < -0.3 is 10.1 Å². The Morgan fingerprint density at radius 1 is 1.24 bits per heavy atom. The van der Waals surface area contributed by atoms with Crippen LogP contribution in [-0.2, 0) is 11.2 Å². The monoisotopic (exact) mass is 300 g/mol. The Kier molecular flexibility index (Phi) is 5.19. The number of carbonyl (C=O) groups is 1. The molecule has 106 valence electrons. The highest BCUT2D eigenvalue weighted by molar-refractivity contribution is 6.30. The number of rotatable bonds is 5.